The molecule has 1 heterocycles. The van der Waals surface area contributed by atoms with E-state index in [2.05, 4.69) is 15.3 Å². The summed E-state index contributed by atoms with van der Waals surface area (Å²) in [6, 6.07) is 0. The van der Waals surface area contributed by atoms with Crippen LogP contribution >= 0.6 is 11.6 Å². The number of hydrogen-bond acceptors (Lipinski definition) is 4. The van der Waals surface area contributed by atoms with Crippen molar-refractivity contribution in [3.63, 3.8) is 0 Å². The van der Waals surface area contributed by atoms with Crippen molar-refractivity contribution < 1.29 is 5.11 Å². The average Bonchev–Trinajstić information content (AvgIpc) is 2.18. The van der Waals surface area contributed by atoms with E-state index in [0.29, 0.717) is 5.82 Å². The van der Waals surface area contributed by atoms with Gasteiger partial charge in [0.1, 0.15) is 5.02 Å². The largest absolute Gasteiger partial charge is 0.394 e. The molecule has 15 heavy (non-hydrogen) atoms. The number of rotatable bonds is 3. The van der Waals surface area contributed by atoms with E-state index in [-0.39, 0.29) is 22.7 Å². The molecule has 0 atom stereocenters. The molecular formula is C9H12ClN3O2. The molecule has 2 rings (SSSR count). The zero-order valence-electron chi connectivity index (χ0n) is 8.09. The number of aliphatic hydroxyl groups excluding tert-OH is 1. The molecule has 0 radical (unpaired) electrons. The summed E-state index contributed by atoms with van der Waals surface area (Å²) in [5, 5.41) is 12.3. The van der Waals surface area contributed by atoms with E-state index in [9.17, 15) is 9.90 Å². The van der Waals surface area contributed by atoms with Crippen LogP contribution in [0.1, 0.15) is 19.3 Å². The second-order valence-electron chi connectivity index (χ2n) is 3.81. The summed E-state index contributed by atoms with van der Waals surface area (Å²) in [5.74, 6) is 0.342. The first-order valence-corrected chi connectivity index (χ1v) is 5.17. The Morgan fingerprint density at radius 3 is 2.93 bits per heavy atom. The highest BCUT2D eigenvalue weighted by Gasteiger charge is 2.37. The smallest absolute Gasteiger partial charge is 0.271 e. The maximum Gasteiger partial charge on any atom is 0.271 e. The number of aromatic nitrogens is 2. The number of nitrogens with zero attached hydrogens (tertiary/aromatic N) is 1. The van der Waals surface area contributed by atoms with Crippen molar-refractivity contribution in [1.29, 1.82) is 0 Å². The first-order valence-electron chi connectivity index (χ1n) is 4.79. The fourth-order valence-corrected chi connectivity index (χ4v) is 1.80. The summed E-state index contributed by atoms with van der Waals surface area (Å²) < 4.78 is 0. The molecule has 5 nitrogen and oxygen atoms in total. The highest BCUT2D eigenvalue weighted by atomic mass is 35.5. The molecule has 0 unspecified atom stereocenters. The highest BCUT2D eigenvalue weighted by Crippen LogP contribution is 2.35. The van der Waals surface area contributed by atoms with Crippen LogP contribution in [0.15, 0.2) is 11.1 Å². The van der Waals surface area contributed by atoms with Crippen molar-refractivity contribution in [2.75, 3.05) is 11.9 Å². The molecule has 1 fully saturated rings. The molecule has 1 aromatic rings. The molecule has 0 bridgehead atoms. The first kappa shape index (κ1) is 10.4. The highest BCUT2D eigenvalue weighted by molar-refractivity contribution is 6.32. The minimum absolute atomic E-state index is 0.0256. The van der Waals surface area contributed by atoms with Crippen LogP contribution < -0.4 is 10.9 Å². The lowest BCUT2D eigenvalue weighted by molar-refractivity contribution is 0.144. The molecule has 1 aliphatic rings. The summed E-state index contributed by atoms with van der Waals surface area (Å²) in [6.07, 6.45) is 4.09. The van der Waals surface area contributed by atoms with Gasteiger partial charge in [-0.1, -0.05) is 11.6 Å². The van der Waals surface area contributed by atoms with Crippen molar-refractivity contribution in [1.82, 2.24) is 9.97 Å². The van der Waals surface area contributed by atoms with Crippen LogP contribution in [0.5, 0.6) is 0 Å². The van der Waals surface area contributed by atoms with Gasteiger partial charge in [-0.05, 0) is 19.3 Å². The lowest BCUT2D eigenvalue weighted by Crippen LogP contribution is -2.48. The molecule has 6 heteroatoms. The molecular weight excluding hydrogens is 218 g/mol. The quantitative estimate of drug-likeness (QED) is 0.715. The Morgan fingerprint density at radius 1 is 1.67 bits per heavy atom. The molecule has 0 aliphatic heterocycles. The Bertz CT molecular complexity index is 409. The number of H-pyrrole nitrogens is 1. The lowest BCUT2D eigenvalue weighted by Gasteiger charge is -2.41. The predicted molar refractivity (Wildman–Crippen MR) is 57.2 cm³/mol. The zero-order valence-corrected chi connectivity index (χ0v) is 8.84. The number of nitrogens with one attached hydrogen (secondary N) is 2. The number of hydrogen-bond donors (Lipinski definition) is 3. The van der Waals surface area contributed by atoms with E-state index >= 15 is 0 Å². The summed E-state index contributed by atoms with van der Waals surface area (Å²) in [7, 11) is 0. The second-order valence-corrected chi connectivity index (χ2v) is 4.19. The summed E-state index contributed by atoms with van der Waals surface area (Å²) in [4.78, 5) is 17.5. The fraction of sp³-hybridized carbons (Fsp3) is 0.556. The maximum atomic E-state index is 11.2. The van der Waals surface area contributed by atoms with Crippen LogP contribution in [0.25, 0.3) is 0 Å². The average molecular weight is 230 g/mol. The topological polar surface area (TPSA) is 78.0 Å². The van der Waals surface area contributed by atoms with Gasteiger partial charge in [0.25, 0.3) is 5.56 Å². The van der Waals surface area contributed by atoms with Crippen LogP contribution in [0.3, 0.4) is 0 Å². The minimum Gasteiger partial charge on any atom is -0.394 e. The zero-order chi connectivity index (χ0) is 10.9. The Morgan fingerprint density at radius 2 is 2.40 bits per heavy atom. The van der Waals surface area contributed by atoms with Crippen LogP contribution in [0.4, 0.5) is 5.82 Å². The van der Waals surface area contributed by atoms with Crippen LogP contribution in [0, 0.1) is 0 Å². The van der Waals surface area contributed by atoms with Crippen LogP contribution in [-0.2, 0) is 0 Å². The molecule has 0 saturated heterocycles. The number of anilines is 1. The Kier molecular flexibility index (Phi) is 2.67. The predicted octanol–water partition coefficient (Wildman–Crippen LogP) is 0.750. The van der Waals surface area contributed by atoms with Gasteiger partial charge in [-0.3, -0.25) is 4.79 Å². The van der Waals surface area contributed by atoms with E-state index in [4.69, 9.17) is 11.6 Å². The normalized spacial score (nSPS) is 18.3. The summed E-state index contributed by atoms with van der Waals surface area (Å²) in [5.41, 5.74) is -0.716. The SMILES string of the molecule is O=c1[nH]cnc(NC2(CO)CCC2)c1Cl. The van der Waals surface area contributed by atoms with Gasteiger partial charge in [0.2, 0.25) is 0 Å². The monoisotopic (exact) mass is 229 g/mol. The third-order valence-electron chi connectivity index (χ3n) is 2.79. The first-order chi connectivity index (χ1) is 7.17. The lowest BCUT2D eigenvalue weighted by atomic mass is 9.77. The molecule has 1 aromatic heterocycles. The van der Waals surface area contributed by atoms with Crippen LogP contribution in [0.2, 0.25) is 5.02 Å². The van der Waals surface area contributed by atoms with Crippen molar-refractivity contribution in [2.24, 2.45) is 0 Å². The van der Waals surface area contributed by atoms with Gasteiger partial charge in [-0.25, -0.2) is 4.98 Å². The van der Waals surface area contributed by atoms with Gasteiger partial charge < -0.3 is 15.4 Å². The molecule has 82 valence electrons. The van der Waals surface area contributed by atoms with Crippen molar-refractivity contribution in [3.05, 3.63) is 21.7 Å². The van der Waals surface area contributed by atoms with Crippen molar-refractivity contribution in [3.8, 4) is 0 Å². The third kappa shape index (κ3) is 1.85. The van der Waals surface area contributed by atoms with Crippen molar-refractivity contribution >= 4 is 17.4 Å². The Balaban J connectivity index is 2.24. The Hall–Kier alpha value is -1.07. The fourth-order valence-electron chi connectivity index (χ4n) is 1.65. The standard InChI is InChI=1S/C9H12ClN3O2/c10-6-7(11-5-12-8(6)15)13-9(4-14)2-1-3-9/h5,14H,1-4H2,(H2,11,12,13,15). The number of aromatic amines is 1. The van der Waals surface area contributed by atoms with E-state index in [0.717, 1.165) is 19.3 Å². The molecule has 0 amide bonds. The number of aliphatic hydroxyl groups is 1. The van der Waals surface area contributed by atoms with E-state index in [1.165, 1.54) is 6.33 Å². The maximum absolute atomic E-state index is 11.2. The number of halogens is 1. The molecule has 0 aromatic carbocycles. The van der Waals surface area contributed by atoms with Gasteiger partial charge in [0.05, 0.1) is 18.5 Å². The minimum atomic E-state index is -0.374. The van der Waals surface area contributed by atoms with E-state index < -0.39 is 0 Å². The molecule has 3 N–H and O–H groups in total. The van der Waals surface area contributed by atoms with Gasteiger partial charge >= 0.3 is 0 Å². The summed E-state index contributed by atoms with van der Waals surface area (Å²) in [6.45, 7) is 0.0256. The van der Waals surface area contributed by atoms with Crippen LogP contribution in [-0.4, -0.2) is 27.2 Å². The summed E-state index contributed by atoms with van der Waals surface area (Å²) >= 11 is 5.79. The molecule has 1 saturated carbocycles. The van der Waals surface area contributed by atoms with Gasteiger partial charge in [-0.2, -0.15) is 0 Å². The third-order valence-corrected chi connectivity index (χ3v) is 3.14. The van der Waals surface area contributed by atoms with Gasteiger partial charge in [0, 0.05) is 0 Å². The van der Waals surface area contributed by atoms with Gasteiger partial charge in [-0.15, -0.1) is 0 Å². The van der Waals surface area contributed by atoms with Gasteiger partial charge in [0.15, 0.2) is 5.82 Å². The van der Waals surface area contributed by atoms with E-state index in [1.807, 2.05) is 0 Å². The van der Waals surface area contributed by atoms with E-state index in [1.54, 1.807) is 0 Å². The van der Waals surface area contributed by atoms with Crippen molar-refractivity contribution in [2.45, 2.75) is 24.8 Å². The Labute approximate surface area is 91.5 Å². The second kappa shape index (κ2) is 3.83. The molecule has 0 spiro atoms. The molecule has 1 aliphatic carbocycles.